The van der Waals surface area contributed by atoms with E-state index in [0.717, 1.165) is 55.1 Å². The van der Waals surface area contributed by atoms with E-state index in [9.17, 15) is 0 Å². The number of rotatable bonds is 8. The zero-order valence-electron chi connectivity index (χ0n) is 16.8. The molecule has 1 fully saturated rings. The van der Waals surface area contributed by atoms with Gasteiger partial charge in [0.1, 0.15) is 23.2 Å². The van der Waals surface area contributed by atoms with Crippen molar-refractivity contribution in [2.75, 3.05) is 51.1 Å². The maximum absolute atomic E-state index is 6.01. The van der Waals surface area contributed by atoms with E-state index in [4.69, 9.17) is 16.1 Å². The Morgan fingerprint density at radius 3 is 2.48 bits per heavy atom. The fourth-order valence-corrected chi connectivity index (χ4v) is 3.91. The van der Waals surface area contributed by atoms with Crippen LogP contribution >= 0.6 is 11.6 Å². The molecule has 0 radical (unpaired) electrons. The van der Waals surface area contributed by atoms with Gasteiger partial charge in [-0.05, 0) is 38.1 Å². The third-order valence-electron chi connectivity index (χ3n) is 5.34. The molecule has 0 aliphatic carbocycles. The van der Waals surface area contributed by atoms with Crippen molar-refractivity contribution in [2.45, 2.75) is 19.8 Å². The Kier molecular flexibility index (Phi) is 6.59. The number of anilines is 1. The molecule has 1 N–H and O–H groups in total. The second-order valence-electron chi connectivity index (χ2n) is 7.40. The average molecular weight is 415 g/mol. The van der Waals surface area contributed by atoms with Crippen LogP contribution < -0.4 is 5.32 Å². The highest BCUT2D eigenvalue weighted by atomic mass is 35.5. The van der Waals surface area contributed by atoms with Gasteiger partial charge in [-0.2, -0.15) is 4.98 Å². The Bertz CT molecular complexity index is 921. The van der Waals surface area contributed by atoms with Gasteiger partial charge in [0.2, 0.25) is 0 Å². The van der Waals surface area contributed by atoms with Crippen molar-refractivity contribution in [2.24, 2.45) is 0 Å². The molecule has 29 heavy (non-hydrogen) atoms. The Morgan fingerprint density at radius 2 is 1.76 bits per heavy atom. The van der Waals surface area contributed by atoms with Gasteiger partial charge in [0.05, 0.1) is 0 Å². The summed E-state index contributed by atoms with van der Waals surface area (Å²) in [6.07, 6.45) is 3.80. The van der Waals surface area contributed by atoms with Crippen molar-refractivity contribution < 1.29 is 4.52 Å². The van der Waals surface area contributed by atoms with Crippen LogP contribution in [0.15, 0.2) is 35.1 Å². The van der Waals surface area contributed by atoms with Crippen molar-refractivity contribution >= 4 is 28.5 Å². The lowest BCUT2D eigenvalue weighted by Gasteiger charge is -2.34. The van der Waals surface area contributed by atoms with Gasteiger partial charge in [0.15, 0.2) is 0 Å². The molecule has 4 rings (SSSR count). The molecule has 2 aromatic heterocycles. The number of aromatic nitrogens is 3. The summed E-state index contributed by atoms with van der Waals surface area (Å²) in [7, 11) is 0. The van der Waals surface area contributed by atoms with Crippen LogP contribution in [-0.4, -0.2) is 70.7 Å². The summed E-state index contributed by atoms with van der Waals surface area (Å²) < 4.78 is 5.42. The van der Waals surface area contributed by atoms with Gasteiger partial charge in [-0.25, -0.2) is 4.98 Å². The van der Waals surface area contributed by atoms with E-state index >= 15 is 0 Å². The molecular formula is C21H27ClN6O. The number of nitrogens with zero attached hydrogens (tertiary/aromatic N) is 5. The third-order valence-corrected chi connectivity index (χ3v) is 5.59. The lowest BCUT2D eigenvalue weighted by atomic mass is 10.1. The van der Waals surface area contributed by atoms with Gasteiger partial charge in [-0.1, -0.05) is 35.8 Å². The summed E-state index contributed by atoms with van der Waals surface area (Å²) in [6.45, 7) is 10.1. The van der Waals surface area contributed by atoms with Crippen molar-refractivity contribution in [1.29, 1.82) is 0 Å². The quantitative estimate of drug-likeness (QED) is 0.562. The van der Waals surface area contributed by atoms with E-state index in [1.165, 1.54) is 32.4 Å². The van der Waals surface area contributed by atoms with Crippen molar-refractivity contribution in [1.82, 2.24) is 24.9 Å². The summed E-state index contributed by atoms with van der Waals surface area (Å²) in [5, 5.41) is 9.15. The molecule has 0 unspecified atom stereocenters. The maximum atomic E-state index is 6.01. The zero-order chi connectivity index (χ0) is 20.1. The van der Waals surface area contributed by atoms with Crippen LogP contribution in [0, 0.1) is 0 Å². The van der Waals surface area contributed by atoms with Gasteiger partial charge < -0.3 is 19.6 Å². The number of hydrogen-bond acceptors (Lipinski definition) is 7. The minimum absolute atomic E-state index is 0.486. The second-order valence-corrected chi connectivity index (χ2v) is 7.84. The van der Waals surface area contributed by atoms with Crippen molar-refractivity contribution in [3.8, 4) is 11.3 Å². The third kappa shape index (κ3) is 4.86. The number of fused-ring (bicyclic) bond motifs is 1. The molecule has 154 valence electrons. The Balaban J connectivity index is 1.36. The fourth-order valence-electron chi connectivity index (χ4n) is 3.79. The molecule has 3 aromatic rings. The summed E-state index contributed by atoms with van der Waals surface area (Å²) in [5.41, 5.74) is 2.14. The number of hydrogen-bond donors (Lipinski definition) is 1. The first-order chi connectivity index (χ1) is 14.2. The van der Waals surface area contributed by atoms with Gasteiger partial charge in [-0.3, -0.25) is 0 Å². The molecule has 7 nitrogen and oxygen atoms in total. The van der Waals surface area contributed by atoms with Crippen molar-refractivity contribution in [3.05, 3.63) is 35.6 Å². The van der Waals surface area contributed by atoms with Crippen LogP contribution in [0.4, 0.5) is 5.82 Å². The Labute approximate surface area is 176 Å². The molecule has 1 saturated heterocycles. The van der Waals surface area contributed by atoms with E-state index in [0.29, 0.717) is 10.7 Å². The predicted octanol–water partition coefficient (Wildman–Crippen LogP) is 3.77. The first kappa shape index (κ1) is 20.1. The molecule has 8 heteroatoms. The topological polar surface area (TPSA) is 70.3 Å². The highest BCUT2D eigenvalue weighted by Gasteiger charge is 2.18. The Morgan fingerprint density at radius 1 is 1.03 bits per heavy atom. The van der Waals surface area contributed by atoms with E-state index in [1.807, 2.05) is 24.3 Å². The van der Waals surface area contributed by atoms with E-state index in [-0.39, 0.29) is 0 Å². The summed E-state index contributed by atoms with van der Waals surface area (Å²) in [5.74, 6) is 0.758. The lowest BCUT2D eigenvalue weighted by Crippen LogP contribution is -2.46. The standard InChI is InChI=1S/C21H27ClN6O/c1-2-9-27-11-13-28(14-12-27)10-3-8-23-20-18-19(16-4-6-17(22)7-5-16)26-29-21(18)25-15-24-20/h4-7,15H,2-3,8-14H2,1H3,(H,23,24,25). The number of benzene rings is 1. The minimum Gasteiger partial charge on any atom is -0.369 e. The SMILES string of the molecule is CCCN1CCN(CCCNc2ncnc3onc(-c4ccc(Cl)cc4)c23)CC1. The monoisotopic (exact) mass is 414 g/mol. The maximum Gasteiger partial charge on any atom is 0.263 e. The molecule has 1 aliphatic rings. The molecule has 1 aliphatic heterocycles. The molecule has 0 bridgehead atoms. The van der Waals surface area contributed by atoms with Crippen LogP contribution in [0.25, 0.3) is 22.4 Å². The molecular weight excluding hydrogens is 388 g/mol. The fraction of sp³-hybridized carbons (Fsp3) is 0.476. The summed E-state index contributed by atoms with van der Waals surface area (Å²) in [6, 6.07) is 7.53. The molecule has 0 atom stereocenters. The highest BCUT2D eigenvalue weighted by Crippen LogP contribution is 2.31. The van der Waals surface area contributed by atoms with Gasteiger partial charge in [0, 0.05) is 43.3 Å². The average Bonchev–Trinajstić information content (AvgIpc) is 3.18. The van der Waals surface area contributed by atoms with E-state index in [2.05, 4.69) is 37.2 Å². The van der Waals surface area contributed by atoms with Crippen LogP contribution in [0.1, 0.15) is 19.8 Å². The summed E-state index contributed by atoms with van der Waals surface area (Å²) >= 11 is 6.01. The molecule has 3 heterocycles. The minimum atomic E-state index is 0.486. The normalized spacial score (nSPS) is 15.8. The Hall–Kier alpha value is -2.22. The van der Waals surface area contributed by atoms with E-state index < -0.39 is 0 Å². The largest absolute Gasteiger partial charge is 0.369 e. The van der Waals surface area contributed by atoms with Crippen LogP contribution in [0.2, 0.25) is 5.02 Å². The molecule has 0 saturated carbocycles. The van der Waals surface area contributed by atoms with Crippen LogP contribution in [-0.2, 0) is 0 Å². The van der Waals surface area contributed by atoms with Crippen molar-refractivity contribution in [3.63, 3.8) is 0 Å². The molecule has 0 amide bonds. The van der Waals surface area contributed by atoms with Gasteiger partial charge >= 0.3 is 0 Å². The first-order valence-corrected chi connectivity index (χ1v) is 10.7. The van der Waals surface area contributed by atoms with Gasteiger partial charge in [-0.15, -0.1) is 0 Å². The molecule has 1 aromatic carbocycles. The second kappa shape index (κ2) is 9.52. The lowest BCUT2D eigenvalue weighted by molar-refractivity contribution is 0.132. The number of halogens is 1. The molecule has 0 spiro atoms. The number of piperazine rings is 1. The van der Waals surface area contributed by atoms with Crippen LogP contribution in [0.3, 0.4) is 0 Å². The highest BCUT2D eigenvalue weighted by molar-refractivity contribution is 6.30. The number of nitrogens with one attached hydrogen (secondary N) is 1. The zero-order valence-corrected chi connectivity index (χ0v) is 17.5. The predicted molar refractivity (Wildman–Crippen MR) is 116 cm³/mol. The van der Waals surface area contributed by atoms with Crippen LogP contribution in [0.5, 0.6) is 0 Å². The summed E-state index contributed by atoms with van der Waals surface area (Å²) in [4.78, 5) is 13.7. The van der Waals surface area contributed by atoms with E-state index in [1.54, 1.807) is 0 Å². The van der Waals surface area contributed by atoms with Gasteiger partial charge in [0.25, 0.3) is 5.71 Å². The first-order valence-electron chi connectivity index (χ1n) is 10.3. The smallest absolute Gasteiger partial charge is 0.263 e.